The molecule has 8 heteroatoms. The van der Waals surface area contributed by atoms with Crippen LogP contribution in [0.25, 0.3) is 0 Å². The second kappa shape index (κ2) is 14.5. The van der Waals surface area contributed by atoms with Crippen LogP contribution in [-0.2, 0) is 28.8 Å². The van der Waals surface area contributed by atoms with Gasteiger partial charge in [0.15, 0.2) is 34.5 Å². The molecular formula is C33H40O8. The predicted molar refractivity (Wildman–Crippen MR) is 156 cm³/mol. The third-order valence-corrected chi connectivity index (χ3v) is 7.20. The Morgan fingerprint density at radius 2 is 1.20 bits per heavy atom. The van der Waals surface area contributed by atoms with E-state index in [1.807, 2.05) is 68.4 Å². The lowest BCUT2D eigenvalue weighted by atomic mass is 9.85. The van der Waals surface area contributed by atoms with E-state index < -0.39 is 0 Å². The number of carbonyl (C=O) groups is 1. The van der Waals surface area contributed by atoms with Crippen LogP contribution in [0.4, 0.5) is 0 Å². The van der Waals surface area contributed by atoms with Crippen molar-refractivity contribution in [1.82, 2.24) is 0 Å². The Labute approximate surface area is 242 Å². The fraction of sp³-hybridized carbons (Fsp3) is 0.424. The van der Waals surface area contributed by atoms with E-state index in [4.69, 9.17) is 33.2 Å². The maximum atomic E-state index is 12.7. The van der Waals surface area contributed by atoms with E-state index in [9.17, 15) is 4.79 Å². The zero-order chi connectivity index (χ0) is 29.2. The largest absolute Gasteiger partial charge is 0.493 e. The molecule has 41 heavy (non-hydrogen) atoms. The molecule has 8 nitrogen and oxygen atoms in total. The lowest BCUT2D eigenvalue weighted by Gasteiger charge is -2.18. The zero-order valence-corrected chi connectivity index (χ0v) is 24.6. The van der Waals surface area contributed by atoms with Crippen molar-refractivity contribution in [2.45, 2.75) is 33.1 Å². The maximum absolute atomic E-state index is 12.7. The van der Waals surface area contributed by atoms with Crippen molar-refractivity contribution in [3.63, 3.8) is 0 Å². The summed E-state index contributed by atoms with van der Waals surface area (Å²) in [5.41, 5.74) is 3.15. The first kappa shape index (κ1) is 29.9. The Morgan fingerprint density at radius 1 is 0.659 bits per heavy atom. The predicted octanol–water partition coefficient (Wildman–Crippen LogP) is 5.71. The van der Waals surface area contributed by atoms with Crippen molar-refractivity contribution >= 4 is 5.97 Å². The lowest BCUT2D eigenvalue weighted by molar-refractivity contribution is -0.141. The van der Waals surface area contributed by atoms with E-state index in [1.54, 1.807) is 21.3 Å². The van der Waals surface area contributed by atoms with Crippen molar-refractivity contribution in [3.05, 3.63) is 71.3 Å². The van der Waals surface area contributed by atoms with Gasteiger partial charge in [0.05, 0.1) is 53.7 Å². The summed E-state index contributed by atoms with van der Waals surface area (Å²) in [6.07, 6.45) is 1.95. The summed E-state index contributed by atoms with van der Waals surface area (Å²) in [5.74, 6) is 3.75. The molecule has 3 aromatic carbocycles. The van der Waals surface area contributed by atoms with Gasteiger partial charge in [0.2, 0.25) is 0 Å². The molecule has 0 aromatic heterocycles. The minimum absolute atomic E-state index is 0.0539. The van der Waals surface area contributed by atoms with Gasteiger partial charge in [-0.25, -0.2) is 0 Å². The van der Waals surface area contributed by atoms with E-state index in [1.165, 1.54) is 0 Å². The van der Waals surface area contributed by atoms with Crippen LogP contribution in [0.15, 0.2) is 54.6 Å². The van der Waals surface area contributed by atoms with Crippen molar-refractivity contribution in [1.29, 1.82) is 0 Å². The molecule has 0 bridgehead atoms. The molecule has 1 fully saturated rings. The minimum atomic E-state index is -0.251. The molecule has 0 aliphatic carbocycles. The first-order valence-corrected chi connectivity index (χ1v) is 14.0. The van der Waals surface area contributed by atoms with Crippen molar-refractivity contribution < 1.29 is 38.0 Å². The number of hydrogen-bond donors (Lipinski definition) is 0. The fourth-order valence-corrected chi connectivity index (χ4v) is 5.11. The molecule has 1 saturated heterocycles. The summed E-state index contributed by atoms with van der Waals surface area (Å²) in [7, 11) is 4.85. The van der Waals surface area contributed by atoms with Gasteiger partial charge in [0.1, 0.15) is 0 Å². The van der Waals surface area contributed by atoms with Gasteiger partial charge >= 0.3 is 5.97 Å². The highest BCUT2D eigenvalue weighted by atomic mass is 16.5. The Morgan fingerprint density at radius 3 is 1.85 bits per heavy atom. The Balaban J connectivity index is 1.39. The second-order valence-electron chi connectivity index (χ2n) is 9.82. The number of rotatable bonds is 15. The SMILES string of the molecule is CCOc1ccc(CCOc2ccc(C[C@H]3C(=O)OC[C@@H]3Cc3ccc(OC)c(OC)c3)cc2OC)cc1OCC. The van der Waals surface area contributed by atoms with E-state index >= 15 is 0 Å². The molecule has 0 N–H and O–H groups in total. The van der Waals surface area contributed by atoms with E-state index in [0.717, 1.165) is 28.2 Å². The number of benzene rings is 3. The van der Waals surface area contributed by atoms with Crippen LogP contribution in [0, 0.1) is 11.8 Å². The lowest BCUT2D eigenvalue weighted by Crippen LogP contribution is -2.20. The average molecular weight is 565 g/mol. The monoisotopic (exact) mass is 564 g/mol. The first-order valence-electron chi connectivity index (χ1n) is 14.0. The number of ether oxygens (including phenoxy) is 7. The molecule has 3 aromatic rings. The molecule has 0 unspecified atom stereocenters. The van der Waals surface area contributed by atoms with Crippen LogP contribution in [-0.4, -0.2) is 53.7 Å². The second-order valence-corrected chi connectivity index (χ2v) is 9.82. The average Bonchev–Trinajstić information content (AvgIpc) is 3.33. The van der Waals surface area contributed by atoms with E-state index in [-0.39, 0.29) is 17.8 Å². The topological polar surface area (TPSA) is 81.7 Å². The van der Waals surface area contributed by atoms with E-state index in [2.05, 4.69) is 0 Å². The van der Waals surface area contributed by atoms with Gasteiger partial charge in [0, 0.05) is 12.3 Å². The van der Waals surface area contributed by atoms with Crippen LogP contribution in [0.5, 0.6) is 34.5 Å². The zero-order valence-electron chi connectivity index (χ0n) is 24.6. The Kier molecular flexibility index (Phi) is 10.6. The quantitative estimate of drug-likeness (QED) is 0.217. The highest BCUT2D eigenvalue weighted by molar-refractivity contribution is 5.75. The molecule has 4 rings (SSSR count). The van der Waals surface area contributed by atoms with Gasteiger partial charge in [-0.3, -0.25) is 4.79 Å². The number of methoxy groups -OCH3 is 3. The van der Waals surface area contributed by atoms with Crippen molar-refractivity contribution in [2.24, 2.45) is 11.8 Å². The van der Waals surface area contributed by atoms with Crippen LogP contribution in [0.1, 0.15) is 30.5 Å². The van der Waals surface area contributed by atoms with Gasteiger partial charge in [-0.05, 0) is 79.8 Å². The first-order chi connectivity index (χ1) is 20.0. The highest BCUT2D eigenvalue weighted by Crippen LogP contribution is 2.35. The molecular weight excluding hydrogens is 524 g/mol. The summed E-state index contributed by atoms with van der Waals surface area (Å²) < 4.78 is 39.4. The summed E-state index contributed by atoms with van der Waals surface area (Å²) in [6.45, 7) is 5.92. The third-order valence-electron chi connectivity index (χ3n) is 7.20. The number of carbonyl (C=O) groups excluding carboxylic acids is 1. The Hall–Kier alpha value is -4.07. The summed E-state index contributed by atoms with van der Waals surface area (Å²) in [5, 5.41) is 0. The Bertz CT molecular complexity index is 1300. The van der Waals surface area contributed by atoms with Crippen LogP contribution in [0.2, 0.25) is 0 Å². The summed E-state index contributed by atoms with van der Waals surface area (Å²) in [6, 6.07) is 17.6. The van der Waals surface area contributed by atoms with E-state index in [0.29, 0.717) is 68.7 Å². The molecule has 0 radical (unpaired) electrons. The minimum Gasteiger partial charge on any atom is -0.493 e. The van der Waals surface area contributed by atoms with Gasteiger partial charge in [-0.15, -0.1) is 0 Å². The van der Waals surface area contributed by atoms with Gasteiger partial charge in [0.25, 0.3) is 0 Å². The number of hydrogen-bond acceptors (Lipinski definition) is 8. The van der Waals surface area contributed by atoms with Crippen molar-refractivity contribution in [2.75, 3.05) is 47.8 Å². The van der Waals surface area contributed by atoms with Crippen molar-refractivity contribution in [3.8, 4) is 34.5 Å². The van der Waals surface area contributed by atoms with Gasteiger partial charge in [-0.1, -0.05) is 18.2 Å². The molecule has 0 saturated carbocycles. The third kappa shape index (κ3) is 7.57. The molecule has 2 atom stereocenters. The molecule has 0 amide bonds. The molecule has 1 aliphatic rings. The smallest absolute Gasteiger partial charge is 0.309 e. The van der Waals surface area contributed by atoms with Crippen LogP contribution in [0.3, 0.4) is 0 Å². The highest BCUT2D eigenvalue weighted by Gasteiger charge is 2.37. The molecule has 0 spiro atoms. The summed E-state index contributed by atoms with van der Waals surface area (Å²) in [4.78, 5) is 12.7. The standard InChI is InChI=1S/C33H40O8/c1-6-38-29-12-8-22(18-32(29)39-7-2)14-15-40-28-13-10-24(20-31(28)37-5)17-26-25(21-41-33(26)34)16-23-9-11-27(35-3)30(19-23)36-4/h8-13,18-20,25-26H,6-7,14-17,21H2,1-5H3/t25-,26+/m0/s1. The molecule has 1 heterocycles. The van der Waals surface area contributed by atoms with Gasteiger partial charge < -0.3 is 33.2 Å². The number of esters is 1. The summed E-state index contributed by atoms with van der Waals surface area (Å²) >= 11 is 0. The number of cyclic esters (lactones) is 1. The normalized spacial score (nSPS) is 16.2. The van der Waals surface area contributed by atoms with Crippen LogP contribution >= 0.6 is 0 Å². The molecule has 1 aliphatic heterocycles. The van der Waals surface area contributed by atoms with Gasteiger partial charge in [-0.2, -0.15) is 0 Å². The molecule has 220 valence electrons. The maximum Gasteiger partial charge on any atom is 0.309 e. The van der Waals surface area contributed by atoms with Crippen LogP contribution < -0.4 is 28.4 Å². The fourth-order valence-electron chi connectivity index (χ4n) is 5.11.